The highest BCUT2D eigenvalue weighted by atomic mass is 35.5. The van der Waals surface area contributed by atoms with Crippen LogP contribution < -0.4 is 0 Å². The fourth-order valence-corrected chi connectivity index (χ4v) is 3.53. The summed E-state index contributed by atoms with van der Waals surface area (Å²) in [6, 6.07) is 0. The summed E-state index contributed by atoms with van der Waals surface area (Å²) in [7, 11) is 0. The molecule has 0 unspecified atom stereocenters. The number of hydrogen-bond donors (Lipinski definition) is 0. The fraction of sp³-hybridized carbons (Fsp3) is 0.429. The monoisotopic (exact) mass is 308 g/mol. The number of aryl methyl sites for hydroxylation is 3. The Morgan fingerprint density at radius 2 is 2.10 bits per heavy atom. The lowest BCUT2D eigenvalue weighted by Crippen LogP contribution is -2.09. The van der Waals surface area contributed by atoms with Crippen LogP contribution in [0.15, 0.2) is 10.8 Å². The van der Waals surface area contributed by atoms with E-state index in [-0.39, 0.29) is 0 Å². The van der Waals surface area contributed by atoms with Gasteiger partial charge in [0.05, 0.1) is 18.1 Å². The van der Waals surface area contributed by atoms with Gasteiger partial charge in [-0.2, -0.15) is 16.4 Å². The quantitative estimate of drug-likeness (QED) is 0.689. The summed E-state index contributed by atoms with van der Waals surface area (Å²) in [5, 5.41) is 8.91. The highest BCUT2D eigenvalue weighted by molar-refractivity contribution is 7.08. The van der Waals surface area contributed by atoms with Crippen molar-refractivity contribution in [1.82, 2.24) is 19.3 Å². The van der Waals surface area contributed by atoms with Crippen LogP contribution in [0.1, 0.15) is 29.6 Å². The molecule has 0 aliphatic rings. The summed E-state index contributed by atoms with van der Waals surface area (Å²) >= 11 is 7.81. The fourth-order valence-electron chi connectivity index (χ4n) is 2.48. The van der Waals surface area contributed by atoms with Crippen LogP contribution in [0.25, 0.3) is 11.2 Å². The van der Waals surface area contributed by atoms with Gasteiger partial charge in [-0.1, -0.05) is 0 Å². The van der Waals surface area contributed by atoms with E-state index in [1.165, 1.54) is 11.1 Å². The minimum absolute atomic E-state index is 0.418. The van der Waals surface area contributed by atoms with Gasteiger partial charge < -0.3 is 4.57 Å². The normalized spacial score (nSPS) is 11.6. The third-order valence-electron chi connectivity index (χ3n) is 3.59. The van der Waals surface area contributed by atoms with Gasteiger partial charge in [0.1, 0.15) is 11.3 Å². The predicted octanol–water partition coefficient (Wildman–Crippen LogP) is 3.72. The molecule has 0 atom stereocenters. The molecule has 0 radical (unpaired) electrons. The molecular formula is C14H17ClN4S. The second-order valence-corrected chi connectivity index (χ2v) is 5.91. The molecule has 106 valence electrons. The number of thiophene rings is 1. The lowest BCUT2D eigenvalue weighted by Gasteiger charge is -2.09. The summed E-state index contributed by atoms with van der Waals surface area (Å²) in [5.74, 6) is 1.33. The van der Waals surface area contributed by atoms with Gasteiger partial charge in [-0.3, -0.25) is 0 Å². The highest BCUT2D eigenvalue weighted by Crippen LogP contribution is 2.24. The Hall–Kier alpha value is -1.33. The van der Waals surface area contributed by atoms with Gasteiger partial charge in [0.25, 0.3) is 0 Å². The Kier molecular flexibility index (Phi) is 3.56. The summed E-state index contributed by atoms with van der Waals surface area (Å²) in [6.45, 7) is 7.88. The molecule has 3 aromatic heterocycles. The second-order valence-electron chi connectivity index (χ2n) is 4.90. The highest BCUT2D eigenvalue weighted by Gasteiger charge is 2.18. The molecule has 0 aliphatic heterocycles. The van der Waals surface area contributed by atoms with Crippen molar-refractivity contribution in [3.63, 3.8) is 0 Å². The third-order valence-corrected chi connectivity index (χ3v) is 4.74. The van der Waals surface area contributed by atoms with Crippen LogP contribution in [0.5, 0.6) is 0 Å². The molecule has 0 N–H and O–H groups in total. The molecule has 20 heavy (non-hydrogen) atoms. The molecule has 6 heteroatoms. The number of imidazole rings is 1. The Morgan fingerprint density at radius 3 is 2.70 bits per heavy atom. The van der Waals surface area contributed by atoms with Crippen molar-refractivity contribution in [2.45, 2.75) is 39.7 Å². The number of fused-ring (bicyclic) bond motifs is 1. The molecule has 0 aromatic carbocycles. The maximum absolute atomic E-state index is 6.08. The lowest BCUT2D eigenvalue weighted by atomic mass is 10.2. The van der Waals surface area contributed by atoms with E-state index in [9.17, 15) is 0 Å². The van der Waals surface area contributed by atoms with Crippen LogP contribution in [0.4, 0.5) is 0 Å². The minimum atomic E-state index is 0.418. The summed E-state index contributed by atoms with van der Waals surface area (Å²) in [6.07, 6.45) is 0. The first kappa shape index (κ1) is 13.6. The maximum Gasteiger partial charge on any atom is 0.159 e. The van der Waals surface area contributed by atoms with E-state index in [1.54, 1.807) is 11.3 Å². The third kappa shape index (κ3) is 2.05. The van der Waals surface area contributed by atoms with E-state index in [0.29, 0.717) is 5.88 Å². The average Bonchev–Trinajstić information content (AvgIpc) is 3.08. The smallest absolute Gasteiger partial charge is 0.159 e. The Morgan fingerprint density at radius 1 is 1.30 bits per heavy atom. The maximum atomic E-state index is 6.08. The standard InChI is InChI=1S/C14H17ClN4S/c1-4-19-14-13(10(3)17-19)16-12(5-15)18(14)6-11-8-20-7-9(11)2/h7-8H,4-6H2,1-3H3. The molecule has 0 saturated carbocycles. The van der Waals surface area contributed by atoms with Crippen molar-refractivity contribution < 1.29 is 0 Å². The van der Waals surface area contributed by atoms with E-state index in [2.05, 4.69) is 39.3 Å². The van der Waals surface area contributed by atoms with E-state index < -0.39 is 0 Å². The molecule has 0 fully saturated rings. The van der Waals surface area contributed by atoms with E-state index in [1.807, 2.05) is 11.6 Å². The molecule has 0 bridgehead atoms. The number of hydrogen-bond acceptors (Lipinski definition) is 3. The second kappa shape index (κ2) is 5.22. The van der Waals surface area contributed by atoms with Gasteiger partial charge in [0, 0.05) is 6.54 Å². The van der Waals surface area contributed by atoms with Crippen molar-refractivity contribution in [3.05, 3.63) is 33.4 Å². The van der Waals surface area contributed by atoms with Crippen LogP contribution in [0.3, 0.4) is 0 Å². The Labute approximate surface area is 127 Å². The van der Waals surface area contributed by atoms with Crippen LogP contribution in [-0.2, 0) is 19.0 Å². The molecule has 0 spiro atoms. The molecule has 3 rings (SSSR count). The van der Waals surface area contributed by atoms with Crippen molar-refractivity contribution in [1.29, 1.82) is 0 Å². The van der Waals surface area contributed by atoms with Gasteiger partial charge in [-0.15, -0.1) is 11.6 Å². The van der Waals surface area contributed by atoms with Crippen molar-refractivity contribution in [3.8, 4) is 0 Å². The van der Waals surface area contributed by atoms with Gasteiger partial charge in [-0.05, 0) is 42.7 Å². The number of halogens is 1. The Bertz CT molecular complexity index is 753. The number of alkyl halides is 1. The van der Waals surface area contributed by atoms with Gasteiger partial charge >= 0.3 is 0 Å². The SMILES string of the molecule is CCn1nc(C)c2nc(CCl)n(Cc3cscc3C)c21. The minimum Gasteiger partial charge on any atom is -0.307 e. The Balaban J connectivity index is 2.19. The first-order valence-electron chi connectivity index (χ1n) is 6.65. The molecule has 0 amide bonds. The van der Waals surface area contributed by atoms with E-state index in [0.717, 1.165) is 35.8 Å². The first-order chi connectivity index (χ1) is 9.65. The lowest BCUT2D eigenvalue weighted by molar-refractivity contribution is 0.639. The molecular weight excluding hydrogens is 292 g/mol. The van der Waals surface area contributed by atoms with Gasteiger partial charge in [0.2, 0.25) is 0 Å². The number of rotatable bonds is 4. The largest absolute Gasteiger partial charge is 0.307 e. The zero-order valence-electron chi connectivity index (χ0n) is 11.9. The molecule has 3 aromatic rings. The van der Waals surface area contributed by atoms with Crippen molar-refractivity contribution in [2.75, 3.05) is 0 Å². The van der Waals surface area contributed by atoms with E-state index in [4.69, 9.17) is 11.6 Å². The van der Waals surface area contributed by atoms with Crippen LogP contribution in [0, 0.1) is 13.8 Å². The molecule has 0 aliphatic carbocycles. The van der Waals surface area contributed by atoms with Crippen LogP contribution >= 0.6 is 22.9 Å². The number of aromatic nitrogens is 4. The van der Waals surface area contributed by atoms with Crippen LogP contribution in [0.2, 0.25) is 0 Å². The zero-order chi connectivity index (χ0) is 14.3. The molecule has 0 saturated heterocycles. The summed E-state index contributed by atoms with van der Waals surface area (Å²) in [5.41, 5.74) is 5.65. The van der Waals surface area contributed by atoms with Crippen molar-refractivity contribution >= 4 is 34.1 Å². The first-order valence-corrected chi connectivity index (χ1v) is 8.13. The van der Waals surface area contributed by atoms with E-state index >= 15 is 0 Å². The summed E-state index contributed by atoms with van der Waals surface area (Å²) < 4.78 is 4.20. The van der Waals surface area contributed by atoms with Crippen molar-refractivity contribution in [2.24, 2.45) is 0 Å². The average molecular weight is 309 g/mol. The zero-order valence-corrected chi connectivity index (χ0v) is 13.4. The molecule has 4 nitrogen and oxygen atoms in total. The topological polar surface area (TPSA) is 35.6 Å². The number of nitrogens with zero attached hydrogens (tertiary/aromatic N) is 4. The van der Waals surface area contributed by atoms with Gasteiger partial charge in [-0.25, -0.2) is 9.67 Å². The summed E-state index contributed by atoms with van der Waals surface area (Å²) in [4.78, 5) is 4.66. The predicted molar refractivity (Wildman–Crippen MR) is 83.6 cm³/mol. The molecule has 3 heterocycles. The van der Waals surface area contributed by atoms with Gasteiger partial charge in [0.15, 0.2) is 5.65 Å². The van der Waals surface area contributed by atoms with Crippen LogP contribution in [-0.4, -0.2) is 19.3 Å².